The van der Waals surface area contributed by atoms with E-state index in [2.05, 4.69) is 4.98 Å². The van der Waals surface area contributed by atoms with Gasteiger partial charge in [0.05, 0.1) is 11.2 Å². The lowest BCUT2D eigenvalue weighted by Crippen LogP contribution is -2.04. The Morgan fingerprint density at radius 1 is 1.03 bits per heavy atom. The highest BCUT2D eigenvalue weighted by molar-refractivity contribution is 7.99. The molecule has 29 heavy (non-hydrogen) atoms. The van der Waals surface area contributed by atoms with Gasteiger partial charge in [-0.25, -0.2) is 12.8 Å². The SMILES string of the molecule is Cc1ccc(CSc2oc(-c3ccco3)nc2S(=O)(=O)c2ccc(F)cc2)cc1. The van der Waals surface area contributed by atoms with Crippen LogP contribution in [0.3, 0.4) is 0 Å². The average Bonchev–Trinajstić information content (AvgIpc) is 3.38. The van der Waals surface area contributed by atoms with E-state index in [9.17, 15) is 12.8 Å². The van der Waals surface area contributed by atoms with Crippen LogP contribution in [0.25, 0.3) is 11.7 Å². The standard InChI is InChI=1S/C21H16FNO4S2/c1-14-4-6-15(7-5-14)13-28-21-20(23-19(27-21)18-3-2-12-26-18)29(24,25)17-10-8-16(22)9-11-17/h2-12H,13H2,1H3. The number of aromatic nitrogens is 1. The number of hydrogen-bond acceptors (Lipinski definition) is 6. The molecule has 4 rings (SSSR count). The van der Waals surface area contributed by atoms with E-state index in [1.807, 2.05) is 31.2 Å². The Labute approximate surface area is 171 Å². The fourth-order valence-corrected chi connectivity index (χ4v) is 5.10. The number of thioether (sulfide) groups is 1. The number of aryl methyl sites for hydroxylation is 1. The van der Waals surface area contributed by atoms with Crippen LogP contribution in [0.5, 0.6) is 0 Å². The molecule has 0 saturated carbocycles. The van der Waals surface area contributed by atoms with Crippen molar-refractivity contribution in [3.8, 4) is 11.7 Å². The van der Waals surface area contributed by atoms with Crippen LogP contribution in [-0.4, -0.2) is 13.4 Å². The van der Waals surface area contributed by atoms with Crippen LogP contribution in [0.2, 0.25) is 0 Å². The van der Waals surface area contributed by atoms with Crippen LogP contribution in [-0.2, 0) is 15.6 Å². The lowest BCUT2D eigenvalue weighted by atomic mass is 10.2. The maximum absolute atomic E-state index is 13.2. The summed E-state index contributed by atoms with van der Waals surface area (Å²) < 4.78 is 50.5. The molecule has 148 valence electrons. The molecule has 0 aliphatic heterocycles. The van der Waals surface area contributed by atoms with Crippen molar-refractivity contribution in [2.24, 2.45) is 0 Å². The van der Waals surface area contributed by atoms with Crippen molar-refractivity contribution in [3.63, 3.8) is 0 Å². The molecule has 8 heteroatoms. The van der Waals surface area contributed by atoms with E-state index >= 15 is 0 Å². The molecule has 0 radical (unpaired) electrons. The van der Waals surface area contributed by atoms with Gasteiger partial charge in [-0.2, -0.15) is 4.98 Å². The minimum absolute atomic E-state index is 0.0598. The molecule has 0 amide bonds. The summed E-state index contributed by atoms with van der Waals surface area (Å²) in [5.41, 5.74) is 2.15. The predicted octanol–water partition coefficient (Wildman–Crippen LogP) is 5.51. The third kappa shape index (κ3) is 4.13. The monoisotopic (exact) mass is 429 g/mol. The summed E-state index contributed by atoms with van der Waals surface area (Å²) in [4.78, 5) is 4.13. The van der Waals surface area contributed by atoms with Gasteiger partial charge in [0.2, 0.25) is 20.0 Å². The lowest BCUT2D eigenvalue weighted by Gasteiger charge is -2.04. The fourth-order valence-electron chi connectivity index (χ4n) is 2.62. The zero-order valence-electron chi connectivity index (χ0n) is 15.3. The van der Waals surface area contributed by atoms with Gasteiger partial charge >= 0.3 is 0 Å². The Kier molecular flexibility index (Phi) is 5.29. The van der Waals surface area contributed by atoms with Crippen molar-refractivity contribution < 1.29 is 21.6 Å². The summed E-state index contributed by atoms with van der Waals surface area (Å²) in [5, 5.41) is -0.0612. The molecule has 0 aliphatic rings. The number of oxazole rings is 1. The van der Waals surface area contributed by atoms with Gasteiger partial charge in [-0.15, -0.1) is 0 Å². The van der Waals surface area contributed by atoms with Crippen molar-refractivity contribution in [3.05, 3.63) is 83.9 Å². The van der Waals surface area contributed by atoms with Crippen molar-refractivity contribution in [2.75, 3.05) is 0 Å². The molecule has 0 atom stereocenters. The summed E-state index contributed by atoms with van der Waals surface area (Å²) in [5.74, 6) is 0.373. The van der Waals surface area contributed by atoms with Gasteiger partial charge in [-0.05, 0) is 48.9 Å². The highest BCUT2D eigenvalue weighted by atomic mass is 32.2. The van der Waals surface area contributed by atoms with Gasteiger partial charge in [-0.3, -0.25) is 0 Å². The van der Waals surface area contributed by atoms with Crippen LogP contribution in [0, 0.1) is 12.7 Å². The van der Waals surface area contributed by atoms with E-state index in [4.69, 9.17) is 8.83 Å². The van der Waals surface area contributed by atoms with E-state index in [1.54, 1.807) is 12.1 Å². The number of nitrogens with zero attached hydrogens (tertiary/aromatic N) is 1. The third-order valence-corrected chi connectivity index (χ3v) is 6.99. The van der Waals surface area contributed by atoms with Crippen LogP contribution in [0.1, 0.15) is 11.1 Å². The molecular formula is C21H16FNO4S2. The van der Waals surface area contributed by atoms with Crippen LogP contribution >= 0.6 is 11.8 Å². The normalized spacial score (nSPS) is 11.7. The Balaban J connectivity index is 1.73. The second-order valence-electron chi connectivity index (χ2n) is 6.32. The first-order valence-electron chi connectivity index (χ1n) is 8.67. The molecule has 0 bridgehead atoms. The summed E-state index contributed by atoms with van der Waals surface area (Å²) in [7, 11) is -4.00. The van der Waals surface area contributed by atoms with E-state index in [1.165, 1.54) is 30.2 Å². The minimum atomic E-state index is -4.00. The van der Waals surface area contributed by atoms with Crippen molar-refractivity contribution >= 4 is 21.6 Å². The van der Waals surface area contributed by atoms with Gasteiger partial charge < -0.3 is 8.83 Å². The smallest absolute Gasteiger partial charge is 0.265 e. The second-order valence-corrected chi connectivity index (χ2v) is 9.13. The number of halogens is 1. The van der Waals surface area contributed by atoms with Gasteiger partial charge in [0.1, 0.15) is 5.82 Å². The minimum Gasteiger partial charge on any atom is -0.459 e. The predicted molar refractivity (Wildman–Crippen MR) is 107 cm³/mol. The molecule has 5 nitrogen and oxygen atoms in total. The Morgan fingerprint density at radius 3 is 2.41 bits per heavy atom. The van der Waals surface area contributed by atoms with Crippen molar-refractivity contribution in [2.45, 2.75) is 27.7 Å². The molecule has 0 N–H and O–H groups in total. The molecule has 4 aromatic rings. The van der Waals surface area contributed by atoms with Crippen LogP contribution < -0.4 is 0 Å². The molecule has 0 saturated heterocycles. The van der Waals surface area contributed by atoms with E-state index in [0.717, 1.165) is 23.3 Å². The molecule has 2 heterocycles. The largest absolute Gasteiger partial charge is 0.459 e. The topological polar surface area (TPSA) is 73.3 Å². The first kappa shape index (κ1) is 19.5. The zero-order valence-corrected chi connectivity index (χ0v) is 17.0. The molecule has 0 unspecified atom stereocenters. The third-order valence-electron chi connectivity index (χ3n) is 4.17. The molecule has 0 aliphatic carbocycles. The molecule has 2 aromatic carbocycles. The highest BCUT2D eigenvalue weighted by Crippen LogP contribution is 2.36. The molecule has 0 fully saturated rings. The number of rotatable bonds is 6. The molecule has 0 spiro atoms. The lowest BCUT2D eigenvalue weighted by molar-refractivity contribution is 0.451. The van der Waals surface area contributed by atoms with Gasteiger partial charge in [0, 0.05) is 5.75 Å². The first-order chi connectivity index (χ1) is 13.9. The first-order valence-corrected chi connectivity index (χ1v) is 11.1. The fraction of sp³-hybridized carbons (Fsp3) is 0.0952. The molecule has 2 aromatic heterocycles. The average molecular weight is 429 g/mol. The van der Waals surface area contributed by atoms with Gasteiger partial charge in [-0.1, -0.05) is 41.6 Å². The van der Waals surface area contributed by atoms with Gasteiger partial charge in [0.15, 0.2) is 5.76 Å². The Hall–Kier alpha value is -2.84. The second kappa shape index (κ2) is 7.88. The van der Waals surface area contributed by atoms with Crippen molar-refractivity contribution in [1.82, 2.24) is 4.98 Å². The summed E-state index contributed by atoms with van der Waals surface area (Å²) in [6.07, 6.45) is 1.45. The van der Waals surface area contributed by atoms with E-state index in [0.29, 0.717) is 11.5 Å². The summed E-state index contributed by atoms with van der Waals surface area (Å²) >= 11 is 1.22. The number of hydrogen-bond donors (Lipinski definition) is 0. The zero-order chi connectivity index (χ0) is 20.4. The maximum atomic E-state index is 13.2. The maximum Gasteiger partial charge on any atom is 0.265 e. The van der Waals surface area contributed by atoms with E-state index < -0.39 is 15.7 Å². The number of sulfone groups is 1. The quantitative estimate of drug-likeness (QED) is 0.297. The summed E-state index contributed by atoms with van der Waals surface area (Å²) in [6, 6.07) is 15.8. The molecular weight excluding hydrogens is 413 g/mol. The van der Waals surface area contributed by atoms with Crippen LogP contribution in [0.15, 0.2) is 90.8 Å². The Morgan fingerprint density at radius 2 is 1.76 bits per heavy atom. The van der Waals surface area contributed by atoms with Crippen LogP contribution in [0.4, 0.5) is 4.39 Å². The summed E-state index contributed by atoms with van der Waals surface area (Å²) in [6.45, 7) is 2.00. The van der Waals surface area contributed by atoms with Gasteiger partial charge in [0.25, 0.3) is 5.89 Å². The van der Waals surface area contributed by atoms with E-state index in [-0.39, 0.29) is 20.9 Å². The Bertz CT molecular complexity index is 1210. The van der Waals surface area contributed by atoms with Crippen molar-refractivity contribution in [1.29, 1.82) is 0 Å². The number of benzene rings is 2. The highest BCUT2D eigenvalue weighted by Gasteiger charge is 2.29. The number of furan rings is 1.